The summed E-state index contributed by atoms with van der Waals surface area (Å²) >= 11 is 0. The normalized spacial score (nSPS) is 26.1. The maximum absolute atomic E-state index is 13.5. The molecular weight excluding hydrogens is 352 g/mol. The molecule has 2 N–H and O–H groups in total. The van der Waals surface area contributed by atoms with Gasteiger partial charge in [0.05, 0.1) is 12.2 Å². The van der Waals surface area contributed by atoms with E-state index in [1.54, 1.807) is 18.2 Å². The second kappa shape index (κ2) is 7.44. The van der Waals surface area contributed by atoms with Crippen molar-refractivity contribution in [3.8, 4) is 11.5 Å². The number of phenols is 1. The van der Waals surface area contributed by atoms with E-state index in [0.29, 0.717) is 29.7 Å². The Labute approximate surface area is 157 Å². The van der Waals surface area contributed by atoms with Crippen molar-refractivity contribution in [1.82, 2.24) is 4.90 Å². The van der Waals surface area contributed by atoms with E-state index in [9.17, 15) is 19.0 Å². The van der Waals surface area contributed by atoms with Crippen molar-refractivity contribution >= 4 is 0 Å². The Kier molecular flexibility index (Phi) is 5.02. The Balaban J connectivity index is 1.29. The van der Waals surface area contributed by atoms with Gasteiger partial charge in [-0.05, 0) is 66.6 Å². The van der Waals surface area contributed by atoms with Crippen LogP contribution in [0.2, 0.25) is 0 Å². The van der Waals surface area contributed by atoms with Gasteiger partial charge in [-0.25, -0.2) is 8.78 Å². The minimum atomic E-state index is -0.787. The number of likely N-dealkylation sites (tertiary alicyclic amines) is 1. The number of hydrogen-bond donors (Lipinski definition) is 2. The third kappa shape index (κ3) is 4.06. The van der Waals surface area contributed by atoms with Crippen LogP contribution < -0.4 is 4.74 Å². The number of aromatic hydroxyl groups is 1. The number of halogens is 2. The Bertz CT molecular complexity index is 785. The molecule has 2 aliphatic rings. The molecule has 1 unspecified atom stereocenters. The van der Waals surface area contributed by atoms with Gasteiger partial charge in [-0.3, -0.25) is 4.90 Å². The van der Waals surface area contributed by atoms with E-state index in [4.69, 9.17) is 4.74 Å². The number of benzene rings is 2. The van der Waals surface area contributed by atoms with E-state index in [1.807, 2.05) is 0 Å². The van der Waals surface area contributed by atoms with Crippen LogP contribution in [0.3, 0.4) is 0 Å². The summed E-state index contributed by atoms with van der Waals surface area (Å²) in [6, 6.07) is 10.1. The molecule has 1 aliphatic heterocycles. The van der Waals surface area contributed by atoms with Crippen molar-refractivity contribution < 1.29 is 23.7 Å². The molecule has 4 nitrogen and oxygen atoms in total. The molecule has 2 aromatic rings. The maximum Gasteiger partial charge on any atom is 0.165 e. The molecular formula is C21H23F2NO3. The molecule has 4 atom stereocenters. The van der Waals surface area contributed by atoms with Crippen LogP contribution >= 0.6 is 0 Å². The summed E-state index contributed by atoms with van der Waals surface area (Å²) in [5.41, 5.74) is 0.472. The highest BCUT2D eigenvalue weighted by Crippen LogP contribution is 2.40. The van der Waals surface area contributed by atoms with Crippen molar-refractivity contribution in [2.45, 2.75) is 25.0 Å². The number of nitrogens with zero attached hydrogens (tertiary/aromatic N) is 1. The van der Waals surface area contributed by atoms with Crippen LogP contribution in [0.5, 0.6) is 11.5 Å². The lowest BCUT2D eigenvalue weighted by Gasteiger charge is -2.22. The minimum Gasteiger partial charge on any atom is -0.505 e. The molecule has 0 bridgehead atoms. The average molecular weight is 375 g/mol. The number of phenolic OH excluding ortho intramolecular Hbond substituents is 1. The highest BCUT2D eigenvalue weighted by molar-refractivity contribution is 5.29. The van der Waals surface area contributed by atoms with Gasteiger partial charge >= 0.3 is 0 Å². The van der Waals surface area contributed by atoms with Gasteiger partial charge in [0, 0.05) is 19.6 Å². The zero-order valence-electron chi connectivity index (χ0n) is 14.9. The molecule has 0 amide bonds. The number of aliphatic hydroxyl groups excluding tert-OH is 1. The first-order valence-corrected chi connectivity index (χ1v) is 9.29. The number of β-amino-alcohol motifs (C(OH)–C–C–N with tert-alkyl or cyclic N) is 1. The van der Waals surface area contributed by atoms with E-state index in [0.717, 1.165) is 25.9 Å². The summed E-state index contributed by atoms with van der Waals surface area (Å²) in [6.07, 6.45) is 1.25. The van der Waals surface area contributed by atoms with Crippen LogP contribution in [0.4, 0.5) is 8.78 Å². The van der Waals surface area contributed by atoms with Crippen LogP contribution in [0, 0.1) is 23.5 Å². The van der Waals surface area contributed by atoms with Gasteiger partial charge in [0.1, 0.15) is 11.6 Å². The molecule has 1 heterocycles. The quantitative estimate of drug-likeness (QED) is 0.840. The molecule has 4 rings (SSSR count). The van der Waals surface area contributed by atoms with Crippen molar-refractivity contribution in [2.75, 3.05) is 19.6 Å². The van der Waals surface area contributed by atoms with Crippen molar-refractivity contribution in [3.63, 3.8) is 0 Å². The standard InChI is InChI=1S/C21H23F2NO3/c22-16-2-4-17(5-3-16)27-18-7-14-10-24(11-15(14)8-18)12-21(26)13-1-6-20(25)19(23)9-13/h1-6,9,14-15,18,21,25-26H,7-8,10-12H2/t14-,15+,18+,21?. The highest BCUT2D eigenvalue weighted by Gasteiger charge is 2.42. The molecule has 1 aliphatic carbocycles. The first kappa shape index (κ1) is 18.2. The largest absolute Gasteiger partial charge is 0.505 e. The van der Waals surface area contributed by atoms with Crippen LogP contribution in [0.25, 0.3) is 0 Å². The second-order valence-corrected chi connectivity index (χ2v) is 7.63. The molecule has 0 radical (unpaired) electrons. The van der Waals surface area contributed by atoms with Gasteiger partial charge in [-0.2, -0.15) is 0 Å². The fraction of sp³-hybridized carbons (Fsp3) is 0.429. The number of fused-ring (bicyclic) bond motifs is 1. The molecule has 144 valence electrons. The van der Waals surface area contributed by atoms with E-state index in [-0.39, 0.29) is 11.9 Å². The number of aliphatic hydroxyl groups is 1. The maximum atomic E-state index is 13.5. The number of hydrogen-bond acceptors (Lipinski definition) is 4. The van der Waals surface area contributed by atoms with Crippen molar-refractivity contribution in [3.05, 3.63) is 59.7 Å². The van der Waals surface area contributed by atoms with Gasteiger partial charge in [-0.15, -0.1) is 0 Å². The lowest BCUT2D eigenvalue weighted by Crippen LogP contribution is -2.29. The summed E-state index contributed by atoms with van der Waals surface area (Å²) in [5.74, 6) is 0.328. The highest BCUT2D eigenvalue weighted by atomic mass is 19.1. The topological polar surface area (TPSA) is 52.9 Å². The first-order chi connectivity index (χ1) is 13.0. The van der Waals surface area contributed by atoms with Gasteiger partial charge < -0.3 is 14.9 Å². The zero-order chi connectivity index (χ0) is 19.0. The van der Waals surface area contributed by atoms with Crippen molar-refractivity contribution in [1.29, 1.82) is 0 Å². The van der Waals surface area contributed by atoms with E-state index in [1.165, 1.54) is 24.3 Å². The van der Waals surface area contributed by atoms with Gasteiger partial charge in [0.2, 0.25) is 0 Å². The molecule has 27 heavy (non-hydrogen) atoms. The van der Waals surface area contributed by atoms with Gasteiger partial charge in [0.15, 0.2) is 11.6 Å². The van der Waals surface area contributed by atoms with Crippen LogP contribution in [0.15, 0.2) is 42.5 Å². The summed E-state index contributed by atoms with van der Waals surface area (Å²) in [4.78, 5) is 2.21. The van der Waals surface area contributed by atoms with E-state index >= 15 is 0 Å². The summed E-state index contributed by atoms with van der Waals surface area (Å²) in [5, 5.41) is 19.6. The number of rotatable bonds is 5. The Morgan fingerprint density at radius 1 is 1.04 bits per heavy atom. The molecule has 2 fully saturated rings. The Morgan fingerprint density at radius 2 is 1.70 bits per heavy atom. The van der Waals surface area contributed by atoms with Gasteiger partial charge in [-0.1, -0.05) is 6.07 Å². The fourth-order valence-electron chi connectivity index (χ4n) is 4.37. The second-order valence-electron chi connectivity index (χ2n) is 7.63. The lowest BCUT2D eigenvalue weighted by molar-refractivity contribution is 0.116. The molecule has 0 spiro atoms. The van der Waals surface area contributed by atoms with Crippen LogP contribution in [-0.2, 0) is 0 Å². The van der Waals surface area contributed by atoms with Crippen LogP contribution in [-0.4, -0.2) is 40.9 Å². The monoisotopic (exact) mass is 375 g/mol. The predicted octanol–water partition coefficient (Wildman–Crippen LogP) is 3.49. The molecule has 2 aromatic carbocycles. The minimum absolute atomic E-state index is 0.142. The smallest absolute Gasteiger partial charge is 0.165 e. The third-order valence-electron chi connectivity index (χ3n) is 5.69. The fourth-order valence-corrected chi connectivity index (χ4v) is 4.37. The first-order valence-electron chi connectivity index (χ1n) is 9.29. The third-order valence-corrected chi connectivity index (χ3v) is 5.69. The van der Waals surface area contributed by atoms with Crippen molar-refractivity contribution in [2.24, 2.45) is 11.8 Å². The van der Waals surface area contributed by atoms with E-state index in [2.05, 4.69) is 4.90 Å². The number of ether oxygens (including phenoxy) is 1. The Morgan fingerprint density at radius 3 is 2.33 bits per heavy atom. The predicted molar refractivity (Wildman–Crippen MR) is 96.5 cm³/mol. The summed E-state index contributed by atoms with van der Waals surface area (Å²) in [6.45, 7) is 2.21. The van der Waals surface area contributed by atoms with Crippen LogP contribution in [0.1, 0.15) is 24.5 Å². The SMILES string of the molecule is Oc1ccc(C(O)CN2C[C@H]3C[C@H](Oc4ccc(F)cc4)C[C@H]3C2)cc1F. The lowest BCUT2D eigenvalue weighted by atomic mass is 10.0. The van der Waals surface area contributed by atoms with Gasteiger partial charge in [0.25, 0.3) is 0 Å². The molecule has 1 saturated carbocycles. The van der Waals surface area contributed by atoms with E-state index < -0.39 is 17.7 Å². The summed E-state index contributed by atoms with van der Waals surface area (Å²) < 4.78 is 32.4. The molecule has 6 heteroatoms. The average Bonchev–Trinajstić information content (AvgIpc) is 3.17. The molecule has 1 saturated heterocycles. The molecule has 0 aromatic heterocycles. The Hall–Kier alpha value is -2.18. The zero-order valence-corrected chi connectivity index (χ0v) is 14.9. The summed E-state index contributed by atoms with van der Waals surface area (Å²) in [7, 11) is 0.